The maximum absolute atomic E-state index is 4.75. The van der Waals surface area contributed by atoms with Gasteiger partial charge in [0.05, 0.1) is 5.69 Å². The van der Waals surface area contributed by atoms with E-state index in [1.54, 1.807) is 4.88 Å². The molecule has 0 bridgehead atoms. The number of imidazole rings is 1. The minimum atomic E-state index is 0.519. The molecule has 0 spiro atoms. The molecule has 3 aromatic heterocycles. The van der Waals surface area contributed by atoms with Crippen LogP contribution in [0.25, 0.3) is 5.78 Å². The van der Waals surface area contributed by atoms with Gasteiger partial charge in [0.25, 0.3) is 0 Å². The smallest absolute Gasteiger partial charge is 0.234 e. The molecule has 120 valence electrons. The third-order valence-corrected chi connectivity index (χ3v) is 5.77. The Labute approximate surface area is 140 Å². The minimum Gasteiger partial charge on any atom is -0.290 e. The second-order valence-electron chi connectivity index (χ2n) is 6.38. The molecule has 5 heteroatoms. The molecule has 3 aromatic rings. The van der Waals surface area contributed by atoms with Gasteiger partial charge < -0.3 is 0 Å². The van der Waals surface area contributed by atoms with Gasteiger partial charge in [0, 0.05) is 41.6 Å². The number of aryl methyl sites for hydroxylation is 2. The van der Waals surface area contributed by atoms with E-state index in [1.807, 2.05) is 18.3 Å². The first-order valence-corrected chi connectivity index (χ1v) is 9.16. The van der Waals surface area contributed by atoms with Crippen LogP contribution in [0.1, 0.15) is 46.9 Å². The molecule has 23 heavy (non-hydrogen) atoms. The number of hydrogen-bond acceptors (Lipinski definition) is 4. The largest absolute Gasteiger partial charge is 0.290 e. The highest BCUT2D eigenvalue weighted by Crippen LogP contribution is 2.35. The third-order valence-electron chi connectivity index (χ3n) is 4.77. The average Bonchev–Trinajstić information content (AvgIpc) is 3.13. The maximum atomic E-state index is 4.75. The van der Waals surface area contributed by atoms with Gasteiger partial charge in [0.15, 0.2) is 0 Å². The fraction of sp³-hybridized carbons (Fsp3) is 0.444. The van der Waals surface area contributed by atoms with Crippen molar-refractivity contribution in [2.24, 2.45) is 0 Å². The predicted octanol–water partition coefficient (Wildman–Crippen LogP) is 3.92. The molecule has 0 radical (unpaired) electrons. The standard InChI is InChI=1S/C18H22N4S/c1-4-16-15-6-8-23-17(15)5-7-21(16)10-14-11-22-13(3)9-12(2)19-18(22)20-14/h6,8-9,11,16H,4-5,7,10H2,1-3H3/t16-/m0/s1. The summed E-state index contributed by atoms with van der Waals surface area (Å²) in [6, 6.07) is 4.93. The number of aromatic nitrogens is 3. The summed E-state index contributed by atoms with van der Waals surface area (Å²) in [5.41, 5.74) is 4.86. The summed E-state index contributed by atoms with van der Waals surface area (Å²) in [4.78, 5) is 13.4. The van der Waals surface area contributed by atoms with Gasteiger partial charge >= 0.3 is 0 Å². The van der Waals surface area contributed by atoms with Crippen molar-refractivity contribution in [3.05, 3.63) is 51.2 Å². The van der Waals surface area contributed by atoms with Crippen molar-refractivity contribution in [3.63, 3.8) is 0 Å². The Kier molecular flexibility index (Phi) is 3.70. The predicted molar refractivity (Wildman–Crippen MR) is 93.9 cm³/mol. The first-order valence-electron chi connectivity index (χ1n) is 8.28. The number of nitrogens with zero attached hydrogens (tertiary/aromatic N) is 4. The lowest BCUT2D eigenvalue weighted by molar-refractivity contribution is 0.171. The molecule has 0 saturated heterocycles. The lowest BCUT2D eigenvalue weighted by atomic mass is 9.98. The Morgan fingerprint density at radius 3 is 3.00 bits per heavy atom. The second-order valence-corrected chi connectivity index (χ2v) is 7.39. The highest BCUT2D eigenvalue weighted by atomic mass is 32.1. The van der Waals surface area contributed by atoms with Crippen molar-refractivity contribution in [2.45, 2.75) is 46.2 Å². The Hall–Kier alpha value is -1.72. The van der Waals surface area contributed by atoms with Crippen LogP contribution in [0.2, 0.25) is 0 Å². The molecule has 1 aliphatic rings. The van der Waals surface area contributed by atoms with Crippen molar-refractivity contribution in [2.75, 3.05) is 6.54 Å². The molecule has 0 amide bonds. The molecule has 0 N–H and O–H groups in total. The van der Waals surface area contributed by atoms with Crippen LogP contribution in [0.3, 0.4) is 0 Å². The molecular weight excluding hydrogens is 304 g/mol. The summed E-state index contributed by atoms with van der Waals surface area (Å²) in [6.45, 7) is 8.43. The lowest BCUT2D eigenvalue weighted by Gasteiger charge is -2.34. The Bertz CT molecular complexity index is 848. The average molecular weight is 326 g/mol. The maximum Gasteiger partial charge on any atom is 0.234 e. The van der Waals surface area contributed by atoms with Crippen LogP contribution in [0.4, 0.5) is 0 Å². The quantitative estimate of drug-likeness (QED) is 0.731. The first-order chi connectivity index (χ1) is 11.2. The zero-order chi connectivity index (χ0) is 16.0. The zero-order valence-corrected chi connectivity index (χ0v) is 14.7. The van der Waals surface area contributed by atoms with E-state index in [2.05, 4.69) is 51.8 Å². The van der Waals surface area contributed by atoms with Gasteiger partial charge in [-0.15, -0.1) is 11.3 Å². The summed E-state index contributed by atoms with van der Waals surface area (Å²) in [5, 5.41) is 2.23. The van der Waals surface area contributed by atoms with Crippen LogP contribution >= 0.6 is 11.3 Å². The zero-order valence-electron chi connectivity index (χ0n) is 13.9. The molecule has 4 rings (SSSR count). The van der Waals surface area contributed by atoms with E-state index < -0.39 is 0 Å². The molecule has 0 aromatic carbocycles. The third kappa shape index (κ3) is 2.58. The summed E-state index contributed by atoms with van der Waals surface area (Å²) in [7, 11) is 0. The van der Waals surface area contributed by atoms with Crippen molar-refractivity contribution in [1.82, 2.24) is 19.3 Å². The van der Waals surface area contributed by atoms with Gasteiger partial charge in [-0.25, -0.2) is 9.97 Å². The van der Waals surface area contributed by atoms with Gasteiger partial charge in [0.2, 0.25) is 5.78 Å². The summed E-state index contributed by atoms with van der Waals surface area (Å²) in [6.07, 6.45) is 4.45. The fourth-order valence-corrected chi connectivity index (χ4v) is 4.65. The second kappa shape index (κ2) is 5.73. The number of thiophene rings is 1. The molecule has 0 aliphatic carbocycles. The minimum absolute atomic E-state index is 0.519. The van der Waals surface area contributed by atoms with Gasteiger partial charge in [-0.2, -0.15) is 0 Å². The molecule has 0 fully saturated rings. The fourth-order valence-electron chi connectivity index (χ4n) is 3.72. The highest BCUT2D eigenvalue weighted by Gasteiger charge is 2.27. The summed E-state index contributed by atoms with van der Waals surface area (Å²) >= 11 is 1.90. The molecule has 0 unspecified atom stereocenters. The Morgan fingerprint density at radius 1 is 1.30 bits per heavy atom. The lowest BCUT2D eigenvalue weighted by Crippen LogP contribution is -2.34. The van der Waals surface area contributed by atoms with Crippen molar-refractivity contribution < 1.29 is 0 Å². The van der Waals surface area contributed by atoms with E-state index >= 15 is 0 Å². The SMILES string of the molecule is CC[C@H]1c2ccsc2CCN1Cc1cn2c(C)cc(C)nc2n1. The van der Waals surface area contributed by atoms with Crippen LogP contribution in [-0.2, 0) is 13.0 Å². The Balaban J connectivity index is 1.64. The monoisotopic (exact) mass is 326 g/mol. The highest BCUT2D eigenvalue weighted by molar-refractivity contribution is 7.10. The molecular formula is C18H22N4S. The van der Waals surface area contributed by atoms with Crippen LogP contribution in [0.5, 0.6) is 0 Å². The van der Waals surface area contributed by atoms with E-state index in [0.717, 1.165) is 43.1 Å². The van der Waals surface area contributed by atoms with Crippen molar-refractivity contribution >= 4 is 17.1 Å². The molecule has 4 nitrogen and oxygen atoms in total. The normalized spacial score (nSPS) is 18.5. The molecule has 4 heterocycles. The molecule has 1 atom stereocenters. The van der Waals surface area contributed by atoms with E-state index in [4.69, 9.17) is 4.98 Å². The molecule has 1 aliphatic heterocycles. The molecule has 0 saturated carbocycles. The number of fused-ring (bicyclic) bond motifs is 2. The van der Waals surface area contributed by atoms with E-state index in [-0.39, 0.29) is 0 Å². The van der Waals surface area contributed by atoms with Crippen LogP contribution in [0, 0.1) is 13.8 Å². The van der Waals surface area contributed by atoms with Gasteiger partial charge in [-0.05, 0) is 49.8 Å². The van der Waals surface area contributed by atoms with Crippen LogP contribution in [0.15, 0.2) is 23.7 Å². The topological polar surface area (TPSA) is 33.4 Å². The van der Waals surface area contributed by atoms with Gasteiger partial charge in [-0.3, -0.25) is 9.30 Å². The van der Waals surface area contributed by atoms with Gasteiger partial charge in [0.1, 0.15) is 0 Å². The van der Waals surface area contributed by atoms with Crippen LogP contribution < -0.4 is 0 Å². The van der Waals surface area contributed by atoms with E-state index in [1.165, 1.54) is 11.3 Å². The van der Waals surface area contributed by atoms with Crippen molar-refractivity contribution in [1.29, 1.82) is 0 Å². The van der Waals surface area contributed by atoms with Crippen LogP contribution in [-0.4, -0.2) is 25.8 Å². The Morgan fingerprint density at radius 2 is 2.17 bits per heavy atom. The first kappa shape index (κ1) is 14.8. The van der Waals surface area contributed by atoms with E-state index in [9.17, 15) is 0 Å². The van der Waals surface area contributed by atoms with Crippen molar-refractivity contribution in [3.8, 4) is 0 Å². The summed E-state index contributed by atoms with van der Waals surface area (Å²) < 4.78 is 2.10. The number of rotatable bonds is 3. The number of hydrogen-bond donors (Lipinski definition) is 0. The van der Waals surface area contributed by atoms with Gasteiger partial charge in [-0.1, -0.05) is 6.92 Å². The van der Waals surface area contributed by atoms with E-state index in [0.29, 0.717) is 6.04 Å². The summed E-state index contributed by atoms with van der Waals surface area (Å²) in [5.74, 6) is 0.818.